The van der Waals surface area contributed by atoms with Crippen molar-refractivity contribution in [2.24, 2.45) is 0 Å². The second-order valence-corrected chi connectivity index (χ2v) is 12.0. The van der Waals surface area contributed by atoms with Gasteiger partial charge < -0.3 is 0 Å². The van der Waals surface area contributed by atoms with Crippen molar-refractivity contribution in [2.45, 2.75) is 19.3 Å². The largest absolute Gasteiger partial charge is 0.192 e. The number of hydrogen-bond acceptors (Lipinski definition) is 1. The van der Waals surface area contributed by atoms with Crippen molar-refractivity contribution >= 4 is 21.5 Å². The van der Waals surface area contributed by atoms with Gasteiger partial charge in [0.1, 0.15) is 0 Å². The number of nitriles is 1. The summed E-state index contributed by atoms with van der Waals surface area (Å²) in [6, 6.07) is 52.4. The summed E-state index contributed by atoms with van der Waals surface area (Å²) in [5.41, 5.74) is 13.3. The van der Waals surface area contributed by atoms with Gasteiger partial charge in [0.05, 0.1) is 11.6 Å². The van der Waals surface area contributed by atoms with Crippen LogP contribution in [-0.4, -0.2) is 0 Å². The quantitative estimate of drug-likeness (QED) is 0.202. The zero-order chi connectivity index (χ0) is 29.1. The Labute approximate surface area is 252 Å². The molecular formula is C42H29N. The van der Waals surface area contributed by atoms with E-state index in [1.165, 1.54) is 66.1 Å². The number of nitrogens with zero attached hydrogens (tertiary/aromatic N) is 1. The molecule has 202 valence electrons. The van der Waals surface area contributed by atoms with Gasteiger partial charge in [-0.25, -0.2) is 0 Å². The first-order chi connectivity index (χ1) is 21.1. The molecule has 0 amide bonds. The van der Waals surface area contributed by atoms with Gasteiger partial charge in [0, 0.05) is 5.41 Å². The zero-order valence-electron chi connectivity index (χ0n) is 24.2. The molecule has 0 spiro atoms. The summed E-state index contributed by atoms with van der Waals surface area (Å²) in [5.74, 6) is 0. The summed E-state index contributed by atoms with van der Waals surface area (Å²) in [7, 11) is 0. The minimum absolute atomic E-state index is 0.0536. The van der Waals surface area contributed by atoms with Gasteiger partial charge >= 0.3 is 0 Å². The van der Waals surface area contributed by atoms with Gasteiger partial charge in [0.2, 0.25) is 0 Å². The monoisotopic (exact) mass is 547 g/mol. The maximum absolute atomic E-state index is 9.38. The van der Waals surface area contributed by atoms with E-state index in [1.807, 2.05) is 18.2 Å². The normalized spacial score (nSPS) is 13.0. The van der Waals surface area contributed by atoms with Gasteiger partial charge in [-0.2, -0.15) is 5.26 Å². The van der Waals surface area contributed by atoms with Crippen LogP contribution in [0.4, 0.5) is 0 Å². The fourth-order valence-electron chi connectivity index (χ4n) is 7.29. The third-order valence-corrected chi connectivity index (χ3v) is 9.31. The standard InChI is InChI=1S/C42H29N/c1-42(2)37-19-8-7-17-35(37)41-36(18-10-20-38(41)42)40-33-15-5-3-13-31(33)39(32-14-4-6-16-34(32)40)29-23-21-28(22-24-29)30-12-9-11-27(25-30)26-43/h3-25H,1-2H3. The van der Waals surface area contributed by atoms with Crippen LogP contribution in [0.3, 0.4) is 0 Å². The van der Waals surface area contributed by atoms with Crippen molar-refractivity contribution in [3.63, 3.8) is 0 Å². The summed E-state index contributed by atoms with van der Waals surface area (Å²) in [6.07, 6.45) is 0. The van der Waals surface area contributed by atoms with Gasteiger partial charge in [-0.05, 0) is 89.3 Å². The van der Waals surface area contributed by atoms with Gasteiger partial charge in [0.25, 0.3) is 0 Å². The highest BCUT2D eigenvalue weighted by atomic mass is 14.4. The lowest BCUT2D eigenvalue weighted by Crippen LogP contribution is -2.14. The second kappa shape index (κ2) is 9.55. The molecule has 7 aromatic rings. The molecule has 1 heteroatoms. The predicted octanol–water partition coefficient (Wildman–Crippen LogP) is 11.2. The molecule has 0 N–H and O–H groups in total. The minimum atomic E-state index is -0.0536. The van der Waals surface area contributed by atoms with Gasteiger partial charge in [0.15, 0.2) is 0 Å². The summed E-state index contributed by atoms with van der Waals surface area (Å²) >= 11 is 0. The Kier molecular flexibility index (Phi) is 5.61. The van der Waals surface area contributed by atoms with Crippen LogP contribution >= 0.6 is 0 Å². The van der Waals surface area contributed by atoms with E-state index in [-0.39, 0.29) is 5.41 Å². The molecule has 1 aliphatic carbocycles. The van der Waals surface area contributed by atoms with E-state index >= 15 is 0 Å². The molecular weight excluding hydrogens is 518 g/mol. The summed E-state index contributed by atoms with van der Waals surface area (Å²) < 4.78 is 0. The van der Waals surface area contributed by atoms with Crippen molar-refractivity contribution in [3.8, 4) is 50.6 Å². The molecule has 0 fully saturated rings. The highest BCUT2D eigenvalue weighted by Crippen LogP contribution is 2.54. The van der Waals surface area contributed by atoms with Crippen LogP contribution in [0.15, 0.2) is 140 Å². The Balaban J connectivity index is 1.40. The molecule has 1 aliphatic rings. The second-order valence-electron chi connectivity index (χ2n) is 12.0. The Morgan fingerprint density at radius 3 is 1.65 bits per heavy atom. The average molecular weight is 548 g/mol. The zero-order valence-corrected chi connectivity index (χ0v) is 24.2. The summed E-state index contributed by atoms with van der Waals surface area (Å²) in [6.45, 7) is 4.70. The van der Waals surface area contributed by atoms with Crippen LogP contribution in [0.1, 0.15) is 30.5 Å². The highest BCUT2D eigenvalue weighted by Gasteiger charge is 2.37. The molecule has 0 bridgehead atoms. The van der Waals surface area contributed by atoms with E-state index in [1.54, 1.807) is 0 Å². The Morgan fingerprint density at radius 2 is 0.977 bits per heavy atom. The lowest BCUT2D eigenvalue weighted by Gasteiger charge is -2.22. The molecule has 1 nitrogen and oxygen atoms in total. The lowest BCUT2D eigenvalue weighted by molar-refractivity contribution is 0.660. The van der Waals surface area contributed by atoms with Crippen molar-refractivity contribution in [1.82, 2.24) is 0 Å². The molecule has 0 aromatic heterocycles. The van der Waals surface area contributed by atoms with Crippen LogP contribution in [0.5, 0.6) is 0 Å². The van der Waals surface area contributed by atoms with E-state index in [4.69, 9.17) is 0 Å². The number of rotatable bonds is 3. The maximum Gasteiger partial charge on any atom is 0.0991 e. The van der Waals surface area contributed by atoms with E-state index in [9.17, 15) is 5.26 Å². The van der Waals surface area contributed by atoms with E-state index in [0.717, 1.165) is 11.1 Å². The Bertz CT molecular complexity index is 2200. The molecule has 0 atom stereocenters. The van der Waals surface area contributed by atoms with Crippen molar-refractivity contribution in [3.05, 3.63) is 156 Å². The maximum atomic E-state index is 9.38. The molecule has 43 heavy (non-hydrogen) atoms. The topological polar surface area (TPSA) is 23.8 Å². The highest BCUT2D eigenvalue weighted by molar-refractivity contribution is 6.22. The lowest BCUT2D eigenvalue weighted by atomic mass is 9.80. The van der Waals surface area contributed by atoms with E-state index in [0.29, 0.717) is 5.56 Å². The smallest absolute Gasteiger partial charge is 0.0991 e. The number of hydrogen-bond donors (Lipinski definition) is 0. The average Bonchev–Trinajstić information content (AvgIpc) is 3.30. The number of benzene rings is 7. The van der Waals surface area contributed by atoms with Crippen LogP contribution in [0.2, 0.25) is 0 Å². The third-order valence-electron chi connectivity index (χ3n) is 9.31. The first-order valence-electron chi connectivity index (χ1n) is 14.8. The molecule has 0 unspecified atom stereocenters. The first kappa shape index (κ1) is 25.3. The van der Waals surface area contributed by atoms with Crippen LogP contribution in [0.25, 0.3) is 66.1 Å². The predicted molar refractivity (Wildman–Crippen MR) is 180 cm³/mol. The fraction of sp³-hybridized carbons (Fsp3) is 0.0714. The van der Waals surface area contributed by atoms with E-state index < -0.39 is 0 Å². The van der Waals surface area contributed by atoms with Crippen LogP contribution in [0, 0.1) is 11.3 Å². The van der Waals surface area contributed by atoms with Crippen molar-refractivity contribution < 1.29 is 0 Å². The first-order valence-corrected chi connectivity index (χ1v) is 14.8. The molecule has 0 radical (unpaired) electrons. The van der Waals surface area contributed by atoms with Crippen molar-refractivity contribution in [1.29, 1.82) is 5.26 Å². The summed E-state index contributed by atoms with van der Waals surface area (Å²) in [5, 5.41) is 14.4. The summed E-state index contributed by atoms with van der Waals surface area (Å²) in [4.78, 5) is 0. The van der Waals surface area contributed by atoms with Gasteiger partial charge in [-0.15, -0.1) is 0 Å². The van der Waals surface area contributed by atoms with Gasteiger partial charge in [-0.1, -0.05) is 141 Å². The van der Waals surface area contributed by atoms with Crippen LogP contribution in [-0.2, 0) is 5.41 Å². The third kappa shape index (κ3) is 3.77. The van der Waals surface area contributed by atoms with Crippen LogP contribution < -0.4 is 0 Å². The molecule has 0 saturated carbocycles. The molecule has 0 aliphatic heterocycles. The molecule has 0 heterocycles. The minimum Gasteiger partial charge on any atom is -0.192 e. The van der Waals surface area contributed by atoms with Gasteiger partial charge in [-0.3, -0.25) is 0 Å². The Hall–Kier alpha value is -5.45. The fourth-order valence-corrected chi connectivity index (χ4v) is 7.29. The number of fused-ring (bicyclic) bond motifs is 5. The van der Waals surface area contributed by atoms with Crippen molar-refractivity contribution in [2.75, 3.05) is 0 Å². The van der Waals surface area contributed by atoms with E-state index in [2.05, 4.69) is 141 Å². The molecule has 8 rings (SSSR count). The SMILES string of the molecule is CC1(C)c2ccccc2-c2c(-c3c4ccccc4c(-c4ccc(-c5cccc(C#N)c5)cc4)c4ccccc34)cccc21. The molecule has 0 saturated heterocycles. The molecule has 7 aromatic carbocycles. The Morgan fingerprint density at radius 1 is 0.442 bits per heavy atom.